The van der Waals surface area contributed by atoms with Crippen LogP contribution in [0.2, 0.25) is 0 Å². The maximum absolute atomic E-state index is 12.8. The second-order valence-electron chi connectivity index (χ2n) is 9.16. The van der Waals surface area contributed by atoms with Gasteiger partial charge in [0.1, 0.15) is 0 Å². The number of fused-ring (bicyclic) bond motifs is 1. The van der Waals surface area contributed by atoms with Crippen molar-refractivity contribution in [1.29, 1.82) is 0 Å². The first-order chi connectivity index (χ1) is 14.6. The maximum Gasteiger partial charge on any atom is 0.328 e. The number of rotatable bonds is 4. The van der Waals surface area contributed by atoms with Crippen molar-refractivity contribution < 1.29 is 4.79 Å². The summed E-state index contributed by atoms with van der Waals surface area (Å²) in [5, 5.41) is 3.86. The molecule has 0 aliphatic heterocycles. The largest absolute Gasteiger partial charge is 0.353 e. The number of para-hydroxylation sites is 1. The van der Waals surface area contributed by atoms with Crippen LogP contribution in [0.4, 0.5) is 0 Å². The molecule has 1 aromatic carbocycles. The first kappa shape index (κ1) is 20.9. The van der Waals surface area contributed by atoms with Crippen LogP contribution in [0.3, 0.4) is 0 Å². The second-order valence-corrected chi connectivity index (χ2v) is 9.16. The summed E-state index contributed by atoms with van der Waals surface area (Å²) in [4.78, 5) is 40.7. The van der Waals surface area contributed by atoms with E-state index in [1.807, 2.05) is 12.1 Å². The molecule has 6 heteroatoms. The molecule has 0 bridgehead atoms. The molecule has 1 heterocycles. The Kier molecular flexibility index (Phi) is 6.70. The van der Waals surface area contributed by atoms with E-state index in [2.05, 4.69) is 10.3 Å². The first-order valence-electron chi connectivity index (χ1n) is 11.6. The van der Waals surface area contributed by atoms with Gasteiger partial charge in [0.05, 0.1) is 10.9 Å². The molecule has 1 aromatic heterocycles. The summed E-state index contributed by atoms with van der Waals surface area (Å²) in [6, 6.07) is 7.46. The van der Waals surface area contributed by atoms with Gasteiger partial charge in [-0.3, -0.25) is 14.2 Å². The molecular formula is C24H33N3O3. The highest BCUT2D eigenvalue weighted by atomic mass is 16.2. The van der Waals surface area contributed by atoms with Gasteiger partial charge in [-0.2, -0.15) is 0 Å². The Balaban J connectivity index is 1.34. The molecule has 30 heavy (non-hydrogen) atoms. The SMILES string of the molecule is O=C(NC1CCCCCCC1)C1CCC(Cn2c(=O)[nH]c3ccccc3c2=O)CC1. The molecule has 1 amide bonds. The minimum atomic E-state index is -0.345. The highest BCUT2D eigenvalue weighted by Gasteiger charge is 2.28. The third-order valence-corrected chi connectivity index (χ3v) is 7.00. The molecule has 2 fully saturated rings. The lowest BCUT2D eigenvalue weighted by molar-refractivity contribution is -0.127. The zero-order valence-electron chi connectivity index (χ0n) is 17.7. The average Bonchev–Trinajstić information content (AvgIpc) is 2.73. The van der Waals surface area contributed by atoms with Crippen LogP contribution in [0.15, 0.2) is 33.9 Å². The number of H-pyrrole nitrogens is 1. The number of aromatic nitrogens is 2. The lowest BCUT2D eigenvalue weighted by Crippen LogP contribution is -2.41. The molecule has 6 nitrogen and oxygen atoms in total. The van der Waals surface area contributed by atoms with E-state index < -0.39 is 0 Å². The normalized spacial score (nSPS) is 23.6. The van der Waals surface area contributed by atoms with E-state index in [0.717, 1.165) is 38.5 Å². The fourth-order valence-corrected chi connectivity index (χ4v) is 5.15. The molecule has 0 unspecified atom stereocenters. The molecule has 2 aromatic rings. The van der Waals surface area contributed by atoms with E-state index in [4.69, 9.17) is 0 Å². The molecule has 162 valence electrons. The van der Waals surface area contributed by atoms with Crippen LogP contribution in [0.1, 0.15) is 70.6 Å². The average molecular weight is 412 g/mol. The Morgan fingerprint density at radius 1 is 0.933 bits per heavy atom. The highest BCUT2D eigenvalue weighted by molar-refractivity contribution is 5.79. The molecule has 0 radical (unpaired) electrons. The summed E-state index contributed by atoms with van der Waals surface area (Å²) in [6.45, 7) is 0.427. The number of hydrogen-bond donors (Lipinski definition) is 2. The molecule has 2 aliphatic rings. The lowest BCUT2D eigenvalue weighted by atomic mass is 9.81. The van der Waals surface area contributed by atoms with Gasteiger partial charge in [0.2, 0.25) is 5.91 Å². The van der Waals surface area contributed by atoms with Crippen LogP contribution in [0.5, 0.6) is 0 Å². The summed E-state index contributed by atoms with van der Waals surface area (Å²) >= 11 is 0. The maximum atomic E-state index is 12.8. The van der Waals surface area contributed by atoms with Gasteiger partial charge in [-0.1, -0.05) is 44.2 Å². The number of hydrogen-bond acceptors (Lipinski definition) is 3. The van der Waals surface area contributed by atoms with Gasteiger partial charge >= 0.3 is 5.69 Å². The minimum absolute atomic E-state index is 0.0679. The number of carbonyl (C=O) groups is 1. The fourth-order valence-electron chi connectivity index (χ4n) is 5.15. The van der Waals surface area contributed by atoms with Crippen molar-refractivity contribution in [3.05, 3.63) is 45.1 Å². The number of nitrogens with zero attached hydrogens (tertiary/aromatic N) is 1. The van der Waals surface area contributed by atoms with E-state index in [1.54, 1.807) is 12.1 Å². The molecule has 0 saturated heterocycles. The fraction of sp³-hybridized carbons (Fsp3) is 0.625. The number of benzene rings is 1. The predicted octanol–water partition coefficient (Wildman–Crippen LogP) is 3.73. The monoisotopic (exact) mass is 411 g/mol. The van der Waals surface area contributed by atoms with E-state index in [-0.39, 0.29) is 29.0 Å². The van der Waals surface area contributed by atoms with Crippen LogP contribution in [0, 0.1) is 11.8 Å². The summed E-state index contributed by atoms with van der Waals surface area (Å²) in [6.07, 6.45) is 12.0. The van der Waals surface area contributed by atoms with Gasteiger partial charge in [0, 0.05) is 18.5 Å². The highest BCUT2D eigenvalue weighted by Crippen LogP contribution is 2.30. The Morgan fingerprint density at radius 3 is 2.33 bits per heavy atom. The Hall–Kier alpha value is -2.37. The number of amides is 1. The van der Waals surface area contributed by atoms with Crippen LogP contribution < -0.4 is 16.6 Å². The number of carbonyl (C=O) groups excluding carboxylic acids is 1. The molecule has 0 atom stereocenters. The van der Waals surface area contributed by atoms with Crippen molar-refractivity contribution in [3.8, 4) is 0 Å². The summed E-state index contributed by atoms with van der Waals surface area (Å²) in [5.41, 5.74) is 0.0136. The summed E-state index contributed by atoms with van der Waals surface area (Å²) in [7, 11) is 0. The third kappa shape index (κ3) is 4.85. The van der Waals surface area contributed by atoms with Crippen LogP contribution >= 0.6 is 0 Å². The smallest absolute Gasteiger partial charge is 0.328 e. The van der Waals surface area contributed by atoms with Crippen molar-refractivity contribution in [2.45, 2.75) is 83.2 Å². The Bertz CT molecular complexity index is 977. The van der Waals surface area contributed by atoms with Crippen LogP contribution in [-0.4, -0.2) is 21.5 Å². The van der Waals surface area contributed by atoms with Crippen molar-refractivity contribution >= 4 is 16.8 Å². The van der Waals surface area contributed by atoms with Gasteiger partial charge in [-0.25, -0.2) is 4.79 Å². The zero-order chi connectivity index (χ0) is 20.9. The van der Waals surface area contributed by atoms with E-state index in [1.165, 1.54) is 36.7 Å². The quantitative estimate of drug-likeness (QED) is 0.804. The van der Waals surface area contributed by atoms with Gasteiger partial charge in [-0.15, -0.1) is 0 Å². The van der Waals surface area contributed by atoms with Crippen molar-refractivity contribution in [2.24, 2.45) is 11.8 Å². The molecule has 0 spiro atoms. The van der Waals surface area contributed by atoms with Crippen molar-refractivity contribution in [3.63, 3.8) is 0 Å². The molecule has 2 saturated carbocycles. The lowest BCUT2D eigenvalue weighted by Gasteiger charge is -2.30. The van der Waals surface area contributed by atoms with Gasteiger partial charge < -0.3 is 10.3 Å². The number of aromatic amines is 1. The zero-order valence-corrected chi connectivity index (χ0v) is 17.7. The van der Waals surface area contributed by atoms with Gasteiger partial charge in [0.25, 0.3) is 5.56 Å². The topological polar surface area (TPSA) is 84.0 Å². The molecular weight excluding hydrogens is 378 g/mol. The standard InChI is InChI=1S/C24H33N3O3/c28-22(25-19-8-4-2-1-3-5-9-19)18-14-12-17(13-15-18)16-27-23(29)20-10-6-7-11-21(20)26-24(27)30/h6-7,10-11,17-19H,1-5,8-9,12-16H2,(H,25,28)(H,26,30). The summed E-state index contributed by atoms with van der Waals surface area (Å²) < 4.78 is 1.34. The summed E-state index contributed by atoms with van der Waals surface area (Å²) in [5.74, 6) is 0.536. The predicted molar refractivity (Wildman–Crippen MR) is 119 cm³/mol. The Labute approximate surface area is 177 Å². The van der Waals surface area contributed by atoms with E-state index in [9.17, 15) is 14.4 Å². The number of nitrogens with one attached hydrogen (secondary N) is 2. The first-order valence-corrected chi connectivity index (χ1v) is 11.6. The minimum Gasteiger partial charge on any atom is -0.353 e. The molecule has 2 N–H and O–H groups in total. The van der Waals surface area contributed by atoms with E-state index in [0.29, 0.717) is 23.5 Å². The van der Waals surface area contributed by atoms with Crippen molar-refractivity contribution in [1.82, 2.24) is 14.9 Å². The third-order valence-electron chi connectivity index (χ3n) is 7.00. The van der Waals surface area contributed by atoms with Gasteiger partial charge in [-0.05, 0) is 56.6 Å². The molecule has 4 rings (SSSR count). The van der Waals surface area contributed by atoms with Crippen LogP contribution in [0.25, 0.3) is 10.9 Å². The Morgan fingerprint density at radius 2 is 1.60 bits per heavy atom. The van der Waals surface area contributed by atoms with Crippen LogP contribution in [-0.2, 0) is 11.3 Å². The molecule has 2 aliphatic carbocycles. The van der Waals surface area contributed by atoms with Crippen molar-refractivity contribution in [2.75, 3.05) is 0 Å². The second kappa shape index (κ2) is 9.63. The van der Waals surface area contributed by atoms with Gasteiger partial charge in [0.15, 0.2) is 0 Å². The van der Waals surface area contributed by atoms with E-state index >= 15 is 0 Å².